The van der Waals surface area contributed by atoms with E-state index in [1.54, 1.807) is 18.4 Å². The van der Waals surface area contributed by atoms with Gasteiger partial charge in [-0.25, -0.2) is 9.79 Å². The number of carbonyl (C=O) groups excluding carboxylic acids is 1. The third-order valence-electron chi connectivity index (χ3n) is 5.43. The van der Waals surface area contributed by atoms with E-state index in [2.05, 4.69) is 15.6 Å². The van der Waals surface area contributed by atoms with Gasteiger partial charge in [-0.05, 0) is 56.8 Å². The highest BCUT2D eigenvalue weighted by Gasteiger charge is 2.33. The van der Waals surface area contributed by atoms with Crippen LogP contribution in [0.2, 0.25) is 0 Å². The molecular weight excluding hydrogens is 418 g/mol. The van der Waals surface area contributed by atoms with E-state index >= 15 is 0 Å². The van der Waals surface area contributed by atoms with Gasteiger partial charge in [-0.2, -0.15) is 0 Å². The first-order chi connectivity index (χ1) is 14.3. The molecule has 1 atom stereocenters. The van der Waals surface area contributed by atoms with Crippen LogP contribution in [0.3, 0.4) is 0 Å². The van der Waals surface area contributed by atoms with Crippen molar-refractivity contribution in [3.05, 3.63) is 76.4 Å². The fourth-order valence-corrected chi connectivity index (χ4v) is 5.54. The minimum absolute atomic E-state index is 0.146. The number of hydrogen-bond donors (Lipinski definition) is 0. The summed E-state index contributed by atoms with van der Waals surface area (Å²) in [4.78, 5) is 32.3. The van der Waals surface area contributed by atoms with Crippen molar-refractivity contribution in [2.45, 2.75) is 33.7 Å². The highest BCUT2D eigenvalue weighted by atomic mass is 32.1. The summed E-state index contributed by atoms with van der Waals surface area (Å²) >= 11 is 2.86. The van der Waals surface area contributed by atoms with E-state index < -0.39 is 12.0 Å². The molecule has 3 aromatic heterocycles. The van der Waals surface area contributed by atoms with E-state index in [4.69, 9.17) is 4.74 Å². The van der Waals surface area contributed by atoms with Crippen LogP contribution in [0.4, 0.5) is 0 Å². The topological polar surface area (TPSA) is 65.6 Å². The monoisotopic (exact) mass is 441 g/mol. The summed E-state index contributed by atoms with van der Waals surface area (Å²) in [7, 11) is 2.01. The minimum atomic E-state index is -0.527. The molecule has 0 N–H and O–H groups in total. The van der Waals surface area contributed by atoms with E-state index in [0.29, 0.717) is 20.6 Å². The van der Waals surface area contributed by atoms with Crippen molar-refractivity contribution in [3.8, 4) is 0 Å². The Morgan fingerprint density at radius 1 is 1.33 bits per heavy atom. The summed E-state index contributed by atoms with van der Waals surface area (Å²) in [5.41, 5.74) is 4.10. The number of fused-ring (bicyclic) bond motifs is 1. The van der Waals surface area contributed by atoms with Gasteiger partial charge in [-0.3, -0.25) is 9.36 Å². The largest absolute Gasteiger partial charge is 0.463 e. The number of allylic oxidation sites excluding steroid dienone is 1. The number of ether oxygens (including phenoxy) is 1. The van der Waals surface area contributed by atoms with Crippen molar-refractivity contribution < 1.29 is 9.53 Å². The summed E-state index contributed by atoms with van der Waals surface area (Å²) in [6.07, 6.45) is 1.92. The van der Waals surface area contributed by atoms with Gasteiger partial charge in [0.05, 0.1) is 22.4 Å². The van der Waals surface area contributed by atoms with Gasteiger partial charge in [0.2, 0.25) is 0 Å². The van der Waals surface area contributed by atoms with Crippen molar-refractivity contribution in [3.63, 3.8) is 0 Å². The third-order valence-corrected chi connectivity index (χ3v) is 7.34. The van der Waals surface area contributed by atoms with Crippen LogP contribution < -0.4 is 14.9 Å². The van der Waals surface area contributed by atoms with Gasteiger partial charge in [0, 0.05) is 23.3 Å². The highest BCUT2D eigenvalue weighted by Crippen LogP contribution is 2.33. The van der Waals surface area contributed by atoms with Gasteiger partial charge in [0.25, 0.3) is 5.56 Å². The van der Waals surface area contributed by atoms with Crippen molar-refractivity contribution in [2.75, 3.05) is 6.61 Å². The maximum Gasteiger partial charge on any atom is 0.338 e. The van der Waals surface area contributed by atoms with Gasteiger partial charge in [0.15, 0.2) is 4.80 Å². The van der Waals surface area contributed by atoms with Gasteiger partial charge in [0.1, 0.15) is 6.04 Å². The molecule has 0 aromatic carbocycles. The molecule has 0 fully saturated rings. The lowest BCUT2D eigenvalue weighted by Gasteiger charge is -2.23. The summed E-state index contributed by atoms with van der Waals surface area (Å²) in [6, 6.07) is 5.40. The maximum atomic E-state index is 13.5. The van der Waals surface area contributed by atoms with Crippen LogP contribution in [0.15, 0.2) is 44.6 Å². The standard InChI is InChI=1S/C22H23N3O3S2/c1-6-28-21(27)18-13(3)23-22-25(19(18)16-8-7-9-29-16)20(26)17(30-22)11-15-10-12(2)24(5)14(15)4/h7-11,19H,6H2,1-5H3/b17-11-. The average Bonchev–Trinajstić information content (AvgIpc) is 3.39. The molecule has 30 heavy (non-hydrogen) atoms. The predicted octanol–water partition coefficient (Wildman–Crippen LogP) is 2.82. The number of thiazole rings is 1. The van der Waals surface area contributed by atoms with Crippen LogP contribution in [-0.4, -0.2) is 21.7 Å². The number of thiophene rings is 1. The van der Waals surface area contributed by atoms with E-state index in [1.165, 1.54) is 22.7 Å². The maximum absolute atomic E-state index is 13.5. The van der Waals surface area contributed by atoms with Crippen molar-refractivity contribution in [2.24, 2.45) is 12.0 Å². The van der Waals surface area contributed by atoms with E-state index in [1.807, 2.05) is 44.5 Å². The number of esters is 1. The Balaban J connectivity index is 1.96. The Bertz CT molecular complexity index is 1340. The normalized spacial score (nSPS) is 16.6. The summed E-state index contributed by atoms with van der Waals surface area (Å²) in [5.74, 6) is -0.430. The van der Waals surface area contributed by atoms with E-state index in [-0.39, 0.29) is 12.2 Å². The molecular formula is C22H23N3O3S2. The van der Waals surface area contributed by atoms with E-state index in [0.717, 1.165) is 21.8 Å². The predicted molar refractivity (Wildman–Crippen MR) is 120 cm³/mol. The minimum Gasteiger partial charge on any atom is -0.463 e. The quantitative estimate of drug-likeness (QED) is 0.585. The van der Waals surface area contributed by atoms with E-state index in [9.17, 15) is 9.59 Å². The Hall–Kier alpha value is -2.71. The molecule has 0 aliphatic carbocycles. The lowest BCUT2D eigenvalue weighted by atomic mass is 10.0. The zero-order chi connectivity index (χ0) is 21.6. The smallest absolute Gasteiger partial charge is 0.338 e. The molecule has 0 spiro atoms. The Morgan fingerprint density at radius 2 is 2.10 bits per heavy atom. The summed E-state index contributed by atoms with van der Waals surface area (Å²) in [6.45, 7) is 7.91. The Labute approximate surface area is 182 Å². The second-order valence-electron chi connectivity index (χ2n) is 7.20. The number of aryl methyl sites for hydroxylation is 1. The molecule has 0 saturated heterocycles. The molecule has 0 saturated carbocycles. The van der Waals surface area contributed by atoms with Crippen LogP contribution in [0.5, 0.6) is 0 Å². The zero-order valence-corrected chi connectivity index (χ0v) is 19.2. The Kier molecular flexibility index (Phi) is 5.38. The second-order valence-corrected chi connectivity index (χ2v) is 9.19. The lowest BCUT2D eigenvalue weighted by Crippen LogP contribution is -2.39. The van der Waals surface area contributed by atoms with Crippen LogP contribution in [0.1, 0.15) is 41.7 Å². The molecule has 4 heterocycles. The lowest BCUT2D eigenvalue weighted by molar-refractivity contribution is -0.139. The molecule has 8 heteroatoms. The molecule has 1 aliphatic heterocycles. The van der Waals surface area contributed by atoms with Gasteiger partial charge in [-0.15, -0.1) is 11.3 Å². The third kappa shape index (κ3) is 3.30. The molecule has 6 nitrogen and oxygen atoms in total. The number of rotatable bonds is 4. The molecule has 156 valence electrons. The molecule has 1 aliphatic rings. The molecule has 4 rings (SSSR count). The van der Waals surface area contributed by atoms with Gasteiger partial charge >= 0.3 is 5.97 Å². The first kappa shape index (κ1) is 20.6. The number of carbonyl (C=O) groups is 1. The number of hydrogen-bond acceptors (Lipinski definition) is 6. The average molecular weight is 442 g/mol. The van der Waals surface area contributed by atoms with Gasteiger partial charge in [-0.1, -0.05) is 17.4 Å². The first-order valence-electron chi connectivity index (χ1n) is 9.69. The second kappa shape index (κ2) is 7.85. The fourth-order valence-electron chi connectivity index (χ4n) is 3.68. The number of nitrogens with zero attached hydrogens (tertiary/aromatic N) is 3. The SMILES string of the molecule is CCOC(=O)C1=C(C)N=c2s/c(=C\c3cc(C)n(C)c3C)c(=O)n2C1c1cccs1. The zero-order valence-electron chi connectivity index (χ0n) is 17.6. The van der Waals surface area contributed by atoms with Crippen molar-refractivity contribution in [1.29, 1.82) is 0 Å². The fraction of sp³-hybridized carbons (Fsp3) is 0.318. The number of aromatic nitrogens is 2. The van der Waals surface area contributed by atoms with Crippen LogP contribution in [0.25, 0.3) is 6.08 Å². The summed E-state index contributed by atoms with van der Waals surface area (Å²) in [5, 5.41) is 1.94. The van der Waals surface area contributed by atoms with Crippen molar-refractivity contribution in [1.82, 2.24) is 9.13 Å². The molecule has 3 aromatic rings. The highest BCUT2D eigenvalue weighted by molar-refractivity contribution is 7.10. The van der Waals surface area contributed by atoms with Crippen LogP contribution in [0, 0.1) is 13.8 Å². The van der Waals surface area contributed by atoms with Crippen LogP contribution in [-0.2, 0) is 16.6 Å². The first-order valence-corrected chi connectivity index (χ1v) is 11.4. The van der Waals surface area contributed by atoms with Gasteiger partial charge < -0.3 is 9.30 Å². The molecule has 1 unspecified atom stereocenters. The molecule has 0 amide bonds. The molecule has 0 bridgehead atoms. The van der Waals surface area contributed by atoms with Crippen LogP contribution >= 0.6 is 22.7 Å². The van der Waals surface area contributed by atoms with Crippen molar-refractivity contribution >= 4 is 34.7 Å². The Morgan fingerprint density at radius 3 is 2.70 bits per heavy atom. The molecule has 0 radical (unpaired) electrons. The summed E-state index contributed by atoms with van der Waals surface area (Å²) < 4.78 is 9.62.